The third-order valence-corrected chi connectivity index (χ3v) is 4.56. The molecule has 0 aliphatic carbocycles. The van der Waals surface area contributed by atoms with Crippen LogP contribution in [0.25, 0.3) is 0 Å². The van der Waals surface area contributed by atoms with E-state index in [-0.39, 0.29) is 5.78 Å². The molecule has 8 nitrogen and oxygen atoms in total. The highest BCUT2D eigenvalue weighted by molar-refractivity contribution is 6.20. The van der Waals surface area contributed by atoms with Crippen LogP contribution >= 0.6 is 0 Å². The lowest BCUT2D eigenvalue weighted by Crippen LogP contribution is -2.65. The lowest BCUT2D eigenvalue weighted by molar-refractivity contribution is -0.677. The summed E-state index contributed by atoms with van der Waals surface area (Å²) in [5.41, 5.74) is 0.936. The number of rotatable bonds is 4. The number of aliphatic imine (C=N–C) groups is 1. The normalized spacial score (nSPS) is 20.7. The fourth-order valence-corrected chi connectivity index (χ4v) is 3.09. The Hall–Kier alpha value is -2.77. The maximum Gasteiger partial charge on any atom is 0.402 e. The molecule has 8 heteroatoms. The molecule has 2 unspecified atom stereocenters. The number of hydrogen-bond donors (Lipinski definition) is 0. The second-order valence-electron chi connectivity index (χ2n) is 6.09. The van der Waals surface area contributed by atoms with Crippen molar-refractivity contribution in [3.63, 3.8) is 0 Å². The number of imidazole rings is 1. The van der Waals surface area contributed by atoms with E-state index in [0.717, 1.165) is 10.6 Å². The van der Waals surface area contributed by atoms with E-state index in [2.05, 4.69) is 11.6 Å². The molecule has 24 heavy (non-hydrogen) atoms. The van der Waals surface area contributed by atoms with E-state index in [1.54, 1.807) is 24.6 Å². The first-order chi connectivity index (χ1) is 11.3. The molecule has 0 spiro atoms. The molecule has 0 bridgehead atoms. The molecular formula is C16H20N5O3+. The Morgan fingerprint density at radius 3 is 2.75 bits per heavy atom. The molecule has 0 saturated carbocycles. The summed E-state index contributed by atoms with van der Waals surface area (Å²) in [5.74, 6) is 0.302. The van der Waals surface area contributed by atoms with Gasteiger partial charge in [-0.25, -0.2) is 18.8 Å². The molecule has 0 aromatic carbocycles. The van der Waals surface area contributed by atoms with Crippen LogP contribution < -0.4 is 4.57 Å². The number of likely N-dealkylation sites (N-methyl/N-ethyl adjacent to an activating group) is 1. The number of nitrogens with zero attached hydrogens (tertiary/aromatic N) is 5. The zero-order valence-corrected chi connectivity index (χ0v) is 14.2. The summed E-state index contributed by atoms with van der Waals surface area (Å²) in [6, 6.07) is -2.07. The number of allylic oxidation sites excluding steroid dienone is 1. The number of ketones is 1. The highest BCUT2D eigenvalue weighted by Gasteiger charge is 2.54. The van der Waals surface area contributed by atoms with Crippen molar-refractivity contribution in [3.8, 4) is 0 Å². The van der Waals surface area contributed by atoms with E-state index in [9.17, 15) is 14.4 Å². The molecule has 1 aromatic rings. The number of amidine groups is 1. The Morgan fingerprint density at radius 1 is 1.50 bits per heavy atom. The number of imide groups is 1. The number of hydrogen-bond acceptors (Lipinski definition) is 4. The summed E-state index contributed by atoms with van der Waals surface area (Å²) >= 11 is 0. The predicted octanol–water partition coefficient (Wildman–Crippen LogP) is 0.726. The smallest absolute Gasteiger partial charge is 0.298 e. The summed E-state index contributed by atoms with van der Waals surface area (Å²) in [6.07, 6.45) is 3.58. The van der Waals surface area contributed by atoms with Gasteiger partial charge in [0, 0.05) is 7.05 Å². The molecule has 126 valence electrons. The third kappa shape index (κ3) is 2.02. The molecule has 1 fully saturated rings. The van der Waals surface area contributed by atoms with Gasteiger partial charge < -0.3 is 0 Å². The van der Waals surface area contributed by atoms with Crippen LogP contribution in [0.2, 0.25) is 0 Å². The number of aromatic nitrogens is 2. The Labute approximate surface area is 139 Å². The van der Waals surface area contributed by atoms with Crippen LogP contribution in [-0.2, 0) is 16.1 Å². The number of urea groups is 1. The maximum atomic E-state index is 12.9. The zero-order valence-electron chi connectivity index (χ0n) is 14.2. The SMILES string of the molecule is C=CCn1c(C)c[n+]2c1N=C1C2C(=O)N(C(C)C(C)=O)C(=O)N1C. The van der Waals surface area contributed by atoms with Crippen LogP contribution in [0.1, 0.15) is 25.6 Å². The zero-order chi connectivity index (χ0) is 17.8. The van der Waals surface area contributed by atoms with Gasteiger partial charge in [-0.05, 0) is 20.8 Å². The first kappa shape index (κ1) is 16.1. The Bertz CT molecular complexity index is 807. The van der Waals surface area contributed by atoms with E-state index in [1.807, 2.05) is 17.7 Å². The minimum Gasteiger partial charge on any atom is -0.298 e. The summed E-state index contributed by atoms with van der Waals surface area (Å²) < 4.78 is 3.67. The van der Waals surface area contributed by atoms with Gasteiger partial charge in [-0.15, -0.1) is 0 Å². The van der Waals surface area contributed by atoms with Crippen LogP contribution in [0.15, 0.2) is 23.8 Å². The van der Waals surface area contributed by atoms with Crippen LogP contribution in [-0.4, -0.2) is 51.0 Å². The Morgan fingerprint density at radius 2 is 2.17 bits per heavy atom. The number of carbonyl (C=O) groups excluding carboxylic acids is 3. The van der Waals surface area contributed by atoms with Crippen molar-refractivity contribution < 1.29 is 19.0 Å². The van der Waals surface area contributed by atoms with Crippen LogP contribution in [0.4, 0.5) is 10.7 Å². The van der Waals surface area contributed by atoms with Gasteiger partial charge >= 0.3 is 12.0 Å². The third-order valence-electron chi connectivity index (χ3n) is 4.56. The van der Waals surface area contributed by atoms with E-state index in [1.165, 1.54) is 11.8 Å². The summed E-state index contributed by atoms with van der Waals surface area (Å²) in [6.45, 7) is 9.13. The Balaban J connectivity index is 2.11. The second kappa shape index (κ2) is 5.40. The molecule has 2 aliphatic rings. The first-order valence-electron chi connectivity index (χ1n) is 7.71. The summed E-state index contributed by atoms with van der Waals surface area (Å²) in [4.78, 5) is 44.1. The highest BCUT2D eigenvalue weighted by Crippen LogP contribution is 2.30. The maximum absolute atomic E-state index is 12.9. The molecule has 3 rings (SSSR count). The fraction of sp³-hybridized carbons (Fsp3) is 0.438. The first-order valence-corrected chi connectivity index (χ1v) is 7.71. The monoisotopic (exact) mass is 330 g/mol. The van der Waals surface area contributed by atoms with E-state index in [0.29, 0.717) is 18.3 Å². The molecule has 1 saturated heterocycles. The Kier molecular flexibility index (Phi) is 3.62. The predicted molar refractivity (Wildman–Crippen MR) is 85.8 cm³/mol. The van der Waals surface area contributed by atoms with Gasteiger partial charge in [0.15, 0.2) is 5.78 Å². The molecule has 2 aliphatic heterocycles. The highest BCUT2D eigenvalue weighted by atomic mass is 16.2. The van der Waals surface area contributed by atoms with E-state index < -0.39 is 24.0 Å². The fourth-order valence-electron chi connectivity index (χ4n) is 3.09. The largest absolute Gasteiger partial charge is 0.402 e. The van der Waals surface area contributed by atoms with Crippen molar-refractivity contribution >= 4 is 29.5 Å². The van der Waals surface area contributed by atoms with Gasteiger partial charge in [-0.1, -0.05) is 17.6 Å². The lowest BCUT2D eigenvalue weighted by Gasteiger charge is -2.35. The number of amides is 3. The van der Waals surface area contributed by atoms with Crippen molar-refractivity contribution in [1.82, 2.24) is 14.4 Å². The minimum atomic E-state index is -0.810. The number of fused-ring (bicyclic) bond motifs is 3. The van der Waals surface area contributed by atoms with Crippen LogP contribution in [0.5, 0.6) is 0 Å². The molecule has 3 heterocycles. The van der Waals surface area contributed by atoms with Gasteiger partial charge in [0.25, 0.3) is 5.91 Å². The number of Topliss-reactive ketones (excluding diaryl/α,β-unsaturated/α-hetero) is 1. The van der Waals surface area contributed by atoms with Gasteiger partial charge in [0.1, 0.15) is 11.9 Å². The molecule has 0 radical (unpaired) electrons. The summed E-state index contributed by atoms with van der Waals surface area (Å²) in [5, 5.41) is 0. The van der Waals surface area contributed by atoms with Crippen molar-refractivity contribution in [2.24, 2.45) is 4.99 Å². The van der Waals surface area contributed by atoms with Crippen molar-refractivity contribution in [2.45, 2.75) is 39.4 Å². The van der Waals surface area contributed by atoms with E-state index >= 15 is 0 Å². The number of aryl methyl sites for hydroxylation is 1. The van der Waals surface area contributed by atoms with Crippen LogP contribution in [0.3, 0.4) is 0 Å². The number of carbonyl (C=O) groups is 3. The molecule has 3 amide bonds. The standard InChI is InChI=1S/C16H20N5O3/c1-6-7-19-9(2)8-20-12-13(17-15(19)20)18(5)16(24)21(14(12)23)10(3)11(4)22/h6,8,10,12H,1,7H2,2-5H3/q+1. The topological polar surface area (TPSA) is 78.9 Å². The summed E-state index contributed by atoms with van der Waals surface area (Å²) in [7, 11) is 1.57. The van der Waals surface area contributed by atoms with E-state index in [4.69, 9.17) is 0 Å². The molecule has 1 aromatic heterocycles. The average Bonchev–Trinajstić information content (AvgIpc) is 3.02. The van der Waals surface area contributed by atoms with Gasteiger partial charge in [-0.2, -0.15) is 0 Å². The second-order valence-corrected chi connectivity index (χ2v) is 6.09. The van der Waals surface area contributed by atoms with Crippen molar-refractivity contribution in [3.05, 3.63) is 24.5 Å². The lowest BCUT2D eigenvalue weighted by atomic mass is 10.1. The van der Waals surface area contributed by atoms with Crippen molar-refractivity contribution in [1.29, 1.82) is 0 Å². The van der Waals surface area contributed by atoms with Gasteiger partial charge in [0.05, 0.1) is 12.6 Å². The minimum absolute atomic E-state index is 0.242. The molecular weight excluding hydrogens is 310 g/mol. The average molecular weight is 330 g/mol. The van der Waals surface area contributed by atoms with Crippen molar-refractivity contribution in [2.75, 3.05) is 7.05 Å². The quantitative estimate of drug-likeness (QED) is 0.603. The van der Waals surface area contributed by atoms with Crippen LogP contribution in [0, 0.1) is 6.92 Å². The molecule has 2 atom stereocenters. The van der Waals surface area contributed by atoms with Gasteiger partial charge in [0.2, 0.25) is 11.9 Å². The van der Waals surface area contributed by atoms with Gasteiger partial charge in [-0.3, -0.25) is 14.5 Å². The molecule has 0 N–H and O–H groups in total.